The average molecular weight is 404 g/mol. The van der Waals surface area contributed by atoms with Gasteiger partial charge in [0.2, 0.25) is 0 Å². The number of hydrogen-bond acceptors (Lipinski definition) is 7. The Kier molecular flexibility index (Phi) is 6.09. The van der Waals surface area contributed by atoms with Crippen LogP contribution in [0.25, 0.3) is 11.1 Å². The van der Waals surface area contributed by atoms with Gasteiger partial charge in [0.25, 0.3) is 0 Å². The van der Waals surface area contributed by atoms with Crippen LogP contribution in [-0.4, -0.2) is 46.2 Å². The number of carbonyl (C=O) groups is 1. The molecule has 1 atom stereocenters. The number of benzene rings is 1. The summed E-state index contributed by atoms with van der Waals surface area (Å²) < 4.78 is 5.99. The van der Waals surface area contributed by atoms with Crippen molar-refractivity contribution in [3.05, 3.63) is 67.3 Å². The largest absolute Gasteiger partial charge is 0.489 e. The Bertz CT molecular complexity index is 1010. The number of hydrogen-bond donors (Lipinski definition) is 2. The monoisotopic (exact) mass is 404 g/mol. The standard InChI is InChI=1S/C21H20N6O3/c28-21(26-16-7-9-24-25-13-16)23-12-17-10-18(30-27-17)14-29-20-6-2-1-5-19(20)15-4-3-8-22-11-15/h1-9,11,13,18H,10,12,14H2,(H2,23,24,26,28). The maximum atomic E-state index is 11.9. The van der Waals surface area contributed by atoms with Gasteiger partial charge in [-0.05, 0) is 18.2 Å². The van der Waals surface area contributed by atoms with Gasteiger partial charge in [0.15, 0.2) is 6.10 Å². The maximum Gasteiger partial charge on any atom is 0.319 e. The first-order valence-corrected chi connectivity index (χ1v) is 9.43. The fraction of sp³-hybridized carbons (Fsp3) is 0.190. The van der Waals surface area contributed by atoms with Crippen molar-refractivity contribution < 1.29 is 14.4 Å². The van der Waals surface area contributed by atoms with E-state index >= 15 is 0 Å². The Morgan fingerprint density at radius 1 is 1.10 bits per heavy atom. The van der Waals surface area contributed by atoms with E-state index in [1.165, 1.54) is 12.4 Å². The molecule has 9 nitrogen and oxygen atoms in total. The van der Waals surface area contributed by atoms with E-state index in [1.807, 2.05) is 36.4 Å². The van der Waals surface area contributed by atoms with E-state index in [0.717, 1.165) is 22.6 Å². The SMILES string of the molecule is O=C(NCC1=NOC(COc2ccccc2-c2cccnc2)C1)Nc1ccnnc1. The summed E-state index contributed by atoms with van der Waals surface area (Å²) in [6.07, 6.45) is 6.87. The van der Waals surface area contributed by atoms with Crippen molar-refractivity contribution >= 4 is 17.4 Å². The zero-order valence-corrected chi connectivity index (χ0v) is 16.1. The van der Waals surface area contributed by atoms with Gasteiger partial charge in [0, 0.05) is 29.9 Å². The number of anilines is 1. The van der Waals surface area contributed by atoms with Gasteiger partial charge < -0.3 is 20.2 Å². The van der Waals surface area contributed by atoms with E-state index in [0.29, 0.717) is 18.7 Å². The number of para-hydroxylation sites is 1. The predicted molar refractivity (Wildman–Crippen MR) is 111 cm³/mol. The number of pyridine rings is 1. The summed E-state index contributed by atoms with van der Waals surface area (Å²) in [5.74, 6) is 0.756. The van der Waals surface area contributed by atoms with Gasteiger partial charge in [-0.1, -0.05) is 29.4 Å². The maximum absolute atomic E-state index is 11.9. The van der Waals surface area contributed by atoms with Gasteiger partial charge in [-0.3, -0.25) is 4.98 Å². The average Bonchev–Trinajstić information content (AvgIpc) is 3.26. The molecule has 3 heterocycles. The molecule has 152 valence electrons. The first-order chi connectivity index (χ1) is 14.8. The van der Waals surface area contributed by atoms with Crippen LogP contribution in [0.2, 0.25) is 0 Å². The topological polar surface area (TPSA) is 111 Å². The zero-order chi connectivity index (χ0) is 20.6. The number of aromatic nitrogens is 3. The summed E-state index contributed by atoms with van der Waals surface area (Å²) in [5.41, 5.74) is 3.25. The lowest BCUT2D eigenvalue weighted by atomic mass is 10.1. The third-order valence-corrected chi connectivity index (χ3v) is 4.37. The molecule has 0 aliphatic carbocycles. The first kappa shape index (κ1) is 19.3. The highest BCUT2D eigenvalue weighted by Gasteiger charge is 2.22. The molecular weight excluding hydrogens is 384 g/mol. The van der Waals surface area contributed by atoms with Crippen molar-refractivity contribution in [2.75, 3.05) is 18.5 Å². The van der Waals surface area contributed by atoms with E-state index in [-0.39, 0.29) is 18.7 Å². The highest BCUT2D eigenvalue weighted by Crippen LogP contribution is 2.29. The summed E-state index contributed by atoms with van der Waals surface area (Å²) in [6.45, 7) is 0.631. The van der Waals surface area contributed by atoms with E-state index in [2.05, 4.69) is 31.0 Å². The van der Waals surface area contributed by atoms with Gasteiger partial charge in [0.05, 0.1) is 30.3 Å². The van der Waals surface area contributed by atoms with Crippen LogP contribution in [0.5, 0.6) is 5.75 Å². The Morgan fingerprint density at radius 2 is 2.03 bits per heavy atom. The smallest absolute Gasteiger partial charge is 0.319 e. The van der Waals surface area contributed by atoms with E-state index in [9.17, 15) is 4.79 Å². The summed E-state index contributed by atoms with van der Waals surface area (Å²) in [6, 6.07) is 13.0. The Labute approximate surface area is 173 Å². The fourth-order valence-corrected chi connectivity index (χ4v) is 2.94. The summed E-state index contributed by atoms with van der Waals surface area (Å²) in [4.78, 5) is 21.5. The number of amides is 2. The van der Waals surface area contributed by atoms with E-state index in [4.69, 9.17) is 9.57 Å². The second-order valence-corrected chi connectivity index (χ2v) is 6.58. The highest BCUT2D eigenvalue weighted by atomic mass is 16.7. The van der Waals surface area contributed by atoms with Crippen molar-refractivity contribution in [1.29, 1.82) is 0 Å². The molecule has 1 unspecified atom stereocenters. The second kappa shape index (κ2) is 9.46. The van der Waals surface area contributed by atoms with E-state index in [1.54, 1.807) is 18.5 Å². The number of carbonyl (C=O) groups excluding carboxylic acids is 1. The molecule has 1 aliphatic heterocycles. The van der Waals surface area contributed by atoms with Crippen LogP contribution < -0.4 is 15.4 Å². The van der Waals surface area contributed by atoms with Crippen LogP contribution >= 0.6 is 0 Å². The minimum absolute atomic E-state index is 0.212. The zero-order valence-electron chi connectivity index (χ0n) is 16.1. The molecule has 2 N–H and O–H groups in total. The lowest BCUT2D eigenvalue weighted by molar-refractivity contribution is 0.0472. The van der Waals surface area contributed by atoms with Crippen LogP contribution in [0.15, 0.2) is 72.4 Å². The van der Waals surface area contributed by atoms with Crippen molar-refractivity contribution in [1.82, 2.24) is 20.5 Å². The molecule has 1 aromatic carbocycles. The van der Waals surface area contributed by atoms with Crippen molar-refractivity contribution in [3.63, 3.8) is 0 Å². The van der Waals surface area contributed by atoms with Crippen LogP contribution in [0.1, 0.15) is 6.42 Å². The number of nitrogens with one attached hydrogen (secondary N) is 2. The molecule has 30 heavy (non-hydrogen) atoms. The number of nitrogens with zero attached hydrogens (tertiary/aromatic N) is 4. The Morgan fingerprint density at radius 3 is 2.87 bits per heavy atom. The third-order valence-electron chi connectivity index (χ3n) is 4.37. The Balaban J connectivity index is 1.24. The molecule has 0 radical (unpaired) electrons. The van der Waals surface area contributed by atoms with Crippen LogP contribution in [0.3, 0.4) is 0 Å². The van der Waals surface area contributed by atoms with Crippen LogP contribution in [0.4, 0.5) is 10.5 Å². The summed E-state index contributed by atoms with van der Waals surface area (Å²) in [7, 11) is 0. The Hall–Kier alpha value is -4.01. The molecule has 0 fully saturated rings. The third kappa shape index (κ3) is 5.07. The molecule has 3 aromatic rings. The van der Waals surface area contributed by atoms with Crippen LogP contribution in [0, 0.1) is 0 Å². The predicted octanol–water partition coefficient (Wildman–Crippen LogP) is 2.88. The molecule has 2 aromatic heterocycles. The minimum atomic E-state index is -0.351. The van der Waals surface area contributed by atoms with Crippen molar-refractivity contribution in [2.24, 2.45) is 5.16 Å². The summed E-state index contributed by atoms with van der Waals surface area (Å²) >= 11 is 0. The van der Waals surface area contributed by atoms with Crippen molar-refractivity contribution in [2.45, 2.75) is 12.5 Å². The molecule has 2 amide bonds. The second-order valence-electron chi connectivity index (χ2n) is 6.58. The van der Waals surface area contributed by atoms with Gasteiger partial charge in [-0.25, -0.2) is 4.79 Å². The van der Waals surface area contributed by atoms with Gasteiger partial charge in [0.1, 0.15) is 12.4 Å². The molecule has 1 aliphatic rings. The quantitative estimate of drug-likeness (QED) is 0.626. The normalized spacial score (nSPS) is 15.1. The van der Waals surface area contributed by atoms with E-state index < -0.39 is 0 Å². The summed E-state index contributed by atoms with van der Waals surface area (Å²) in [5, 5.41) is 16.8. The van der Waals surface area contributed by atoms with Crippen molar-refractivity contribution in [3.8, 4) is 16.9 Å². The number of ether oxygens (including phenoxy) is 1. The first-order valence-electron chi connectivity index (χ1n) is 9.43. The molecule has 0 saturated carbocycles. The van der Waals surface area contributed by atoms with Gasteiger partial charge in [-0.2, -0.15) is 10.2 Å². The molecular formula is C21H20N6O3. The lowest BCUT2D eigenvalue weighted by Crippen LogP contribution is -2.33. The molecule has 9 heteroatoms. The molecule has 0 saturated heterocycles. The lowest BCUT2D eigenvalue weighted by Gasteiger charge is -2.14. The highest BCUT2D eigenvalue weighted by molar-refractivity contribution is 5.94. The molecule has 0 spiro atoms. The van der Waals surface area contributed by atoms with Gasteiger partial charge >= 0.3 is 6.03 Å². The molecule has 4 rings (SSSR count). The van der Waals surface area contributed by atoms with Crippen LogP contribution in [-0.2, 0) is 4.84 Å². The molecule has 0 bridgehead atoms. The fourth-order valence-electron chi connectivity index (χ4n) is 2.94. The number of rotatable bonds is 7. The van der Waals surface area contributed by atoms with Gasteiger partial charge in [-0.15, -0.1) is 0 Å². The minimum Gasteiger partial charge on any atom is -0.489 e. The number of urea groups is 1. The number of oxime groups is 1.